The van der Waals surface area contributed by atoms with E-state index >= 15 is 0 Å². The average Bonchev–Trinajstić information content (AvgIpc) is 3.27. The minimum absolute atomic E-state index is 0.0166. The molecule has 0 saturated carbocycles. The number of fused-ring (bicyclic) bond motifs is 1. The van der Waals surface area contributed by atoms with Crippen LogP contribution in [0.1, 0.15) is 35.1 Å². The summed E-state index contributed by atoms with van der Waals surface area (Å²) < 4.78 is 0. The van der Waals surface area contributed by atoms with E-state index in [0.29, 0.717) is 0 Å². The van der Waals surface area contributed by atoms with Gasteiger partial charge in [0.25, 0.3) is 5.91 Å². The largest absolute Gasteiger partial charge is 0.378 e. The highest BCUT2D eigenvalue weighted by atomic mass is 16.2. The van der Waals surface area contributed by atoms with Crippen molar-refractivity contribution in [3.8, 4) is 0 Å². The fraction of sp³-hybridized carbons (Fsp3) is 0.300. The van der Waals surface area contributed by atoms with Crippen molar-refractivity contribution in [1.29, 1.82) is 0 Å². The molecule has 1 aliphatic heterocycles. The van der Waals surface area contributed by atoms with Crippen LogP contribution in [0.4, 0.5) is 5.69 Å². The van der Waals surface area contributed by atoms with Crippen LogP contribution in [0.15, 0.2) is 48.5 Å². The van der Waals surface area contributed by atoms with Gasteiger partial charge in [-0.05, 0) is 43.2 Å². The SMILES string of the molecule is CN(C)c1cccc(C(=O)N2CCC[C@@H]2c2nc3ccccc3[nH]2)c1. The standard InChI is InChI=1S/C20H22N4O/c1-23(2)15-8-5-7-14(13-15)20(25)24-12-6-11-18(24)19-21-16-9-3-4-10-17(16)22-19/h3-5,7-10,13,18H,6,11-12H2,1-2H3,(H,21,22)/t18-/m1/s1. The smallest absolute Gasteiger partial charge is 0.254 e. The van der Waals surface area contributed by atoms with Gasteiger partial charge in [-0.2, -0.15) is 0 Å². The van der Waals surface area contributed by atoms with Crippen LogP contribution in [0.3, 0.4) is 0 Å². The second-order valence-corrected chi connectivity index (χ2v) is 6.74. The molecule has 128 valence electrons. The normalized spacial score (nSPS) is 17.2. The number of anilines is 1. The van der Waals surface area contributed by atoms with Gasteiger partial charge >= 0.3 is 0 Å². The zero-order chi connectivity index (χ0) is 17.4. The number of amides is 1. The number of likely N-dealkylation sites (tertiary alicyclic amines) is 1. The topological polar surface area (TPSA) is 52.2 Å². The molecule has 4 rings (SSSR count). The summed E-state index contributed by atoms with van der Waals surface area (Å²) >= 11 is 0. The van der Waals surface area contributed by atoms with E-state index in [9.17, 15) is 4.79 Å². The van der Waals surface area contributed by atoms with Gasteiger partial charge < -0.3 is 14.8 Å². The van der Waals surface area contributed by atoms with Gasteiger partial charge in [-0.3, -0.25) is 4.79 Å². The Kier molecular flexibility index (Phi) is 3.92. The van der Waals surface area contributed by atoms with E-state index < -0.39 is 0 Å². The van der Waals surface area contributed by atoms with Crippen LogP contribution in [0.25, 0.3) is 11.0 Å². The van der Waals surface area contributed by atoms with Gasteiger partial charge in [-0.15, -0.1) is 0 Å². The Morgan fingerprint density at radius 3 is 2.84 bits per heavy atom. The Balaban J connectivity index is 1.64. The van der Waals surface area contributed by atoms with Gasteiger partial charge in [0.05, 0.1) is 17.1 Å². The zero-order valence-electron chi connectivity index (χ0n) is 14.6. The van der Waals surface area contributed by atoms with Gasteiger partial charge in [0.2, 0.25) is 0 Å². The quantitative estimate of drug-likeness (QED) is 0.796. The highest BCUT2D eigenvalue weighted by Crippen LogP contribution is 2.33. The number of benzene rings is 2. The summed E-state index contributed by atoms with van der Waals surface area (Å²) in [6.07, 6.45) is 1.94. The number of rotatable bonds is 3. The number of carbonyl (C=O) groups excluding carboxylic acids is 1. The Hall–Kier alpha value is -2.82. The first-order chi connectivity index (χ1) is 12.1. The summed E-state index contributed by atoms with van der Waals surface area (Å²) in [4.78, 5) is 25.1. The zero-order valence-corrected chi connectivity index (χ0v) is 14.6. The molecular formula is C20H22N4O. The minimum Gasteiger partial charge on any atom is -0.378 e. The molecule has 0 bridgehead atoms. The van der Waals surface area contributed by atoms with Crippen LogP contribution in [0.2, 0.25) is 0 Å². The molecule has 2 heterocycles. The lowest BCUT2D eigenvalue weighted by Gasteiger charge is -2.24. The molecular weight excluding hydrogens is 312 g/mol. The van der Waals surface area contributed by atoms with Gasteiger partial charge in [0, 0.05) is 31.9 Å². The van der Waals surface area contributed by atoms with Crippen molar-refractivity contribution in [3.05, 3.63) is 59.9 Å². The fourth-order valence-electron chi connectivity index (χ4n) is 3.51. The summed E-state index contributed by atoms with van der Waals surface area (Å²) in [6.45, 7) is 0.771. The molecule has 25 heavy (non-hydrogen) atoms. The van der Waals surface area contributed by atoms with E-state index in [4.69, 9.17) is 4.98 Å². The van der Waals surface area contributed by atoms with Gasteiger partial charge in [-0.1, -0.05) is 18.2 Å². The maximum absolute atomic E-state index is 13.1. The number of carbonyl (C=O) groups is 1. The average molecular weight is 334 g/mol. The maximum Gasteiger partial charge on any atom is 0.254 e. The predicted octanol–water partition coefficient (Wildman–Crippen LogP) is 3.61. The molecule has 5 nitrogen and oxygen atoms in total. The molecule has 0 unspecified atom stereocenters. The van der Waals surface area contributed by atoms with Crippen molar-refractivity contribution < 1.29 is 4.79 Å². The van der Waals surface area contributed by atoms with E-state index in [0.717, 1.165) is 47.5 Å². The number of aromatic nitrogens is 2. The Labute approximate surface area is 147 Å². The monoisotopic (exact) mass is 334 g/mol. The van der Waals surface area contributed by atoms with E-state index in [1.807, 2.05) is 72.4 Å². The molecule has 0 radical (unpaired) electrons. The molecule has 1 aromatic heterocycles. The van der Waals surface area contributed by atoms with Gasteiger partial charge in [0.15, 0.2) is 0 Å². The lowest BCUT2D eigenvalue weighted by Crippen LogP contribution is -2.31. The van der Waals surface area contributed by atoms with Crippen molar-refractivity contribution in [1.82, 2.24) is 14.9 Å². The number of para-hydroxylation sites is 2. The number of hydrogen-bond donors (Lipinski definition) is 1. The second-order valence-electron chi connectivity index (χ2n) is 6.74. The van der Waals surface area contributed by atoms with Gasteiger partial charge in [-0.25, -0.2) is 4.98 Å². The Morgan fingerprint density at radius 1 is 1.20 bits per heavy atom. The van der Waals surface area contributed by atoms with Crippen LogP contribution < -0.4 is 4.90 Å². The predicted molar refractivity (Wildman–Crippen MR) is 99.9 cm³/mol. The number of nitrogens with one attached hydrogen (secondary N) is 1. The third-order valence-electron chi connectivity index (χ3n) is 4.85. The lowest BCUT2D eigenvalue weighted by molar-refractivity contribution is 0.0730. The lowest BCUT2D eigenvalue weighted by atomic mass is 10.1. The van der Waals surface area contributed by atoms with E-state index in [1.54, 1.807) is 0 Å². The first kappa shape index (κ1) is 15.7. The molecule has 1 saturated heterocycles. The molecule has 1 aliphatic rings. The van der Waals surface area contributed by atoms with E-state index in [-0.39, 0.29) is 11.9 Å². The number of aromatic amines is 1. The Bertz CT molecular complexity index is 882. The minimum atomic E-state index is 0.0166. The summed E-state index contributed by atoms with van der Waals surface area (Å²) in [5.41, 5.74) is 3.73. The van der Waals surface area contributed by atoms with Crippen LogP contribution in [-0.4, -0.2) is 41.4 Å². The molecule has 2 aromatic carbocycles. The summed E-state index contributed by atoms with van der Waals surface area (Å²) in [5, 5.41) is 0. The molecule has 0 spiro atoms. The first-order valence-electron chi connectivity index (χ1n) is 8.66. The van der Waals surface area contributed by atoms with E-state index in [2.05, 4.69) is 4.98 Å². The van der Waals surface area contributed by atoms with Crippen molar-refractivity contribution in [2.45, 2.75) is 18.9 Å². The molecule has 5 heteroatoms. The molecule has 1 N–H and O–H groups in total. The van der Waals surface area contributed by atoms with Crippen molar-refractivity contribution >= 4 is 22.6 Å². The van der Waals surface area contributed by atoms with Crippen molar-refractivity contribution in [3.63, 3.8) is 0 Å². The van der Waals surface area contributed by atoms with E-state index in [1.165, 1.54) is 0 Å². The third kappa shape index (κ3) is 2.86. The molecule has 1 atom stereocenters. The highest BCUT2D eigenvalue weighted by Gasteiger charge is 2.32. The van der Waals surface area contributed by atoms with Crippen LogP contribution >= 0.6 is 0 Å². The molecule has 1 amide bonds. The van der Waals surface area contributed by atoms with Crippen LogP contribution in [0.5, 0.6) is 0 Å². The van der Waals surface area contributed by atoms with Crippen LogP contribution in [0, 0.1) is 0 Å². The summed E-state index contributed by atoms with van der Waals surface area (Å²) in [7, 11) is 3.97. The summed E-state index contributed by atoms with van der Waals surface area (Å²) in [6, 6.07) is 15.8. The van der Waals surface area contributed by atoms with Crippen molar-refractivity contribution in [2.75, 3.05) is 25.5 Å². The molecule has 1 fully saturated rings. The summed E-state index contributed by atoms with van der Waals surface area (Å²) in [5.74, 6) is 0.961. The molecule has 0 aliphatic carbocycles. The maximum atomic E-state index is 13.1. The molecule has 3 aromatic rings. The fourth-order valence-corrected chi connectivity index (χ4v) is 3.51. The first-order valence-corrected chi connectivity index (χ1v) is 8.66. The Morgan fingerprint density at radius 2 is 2.04 bits per heavy atom. The van der Waals surface area contributed by atoms with Crippen LogP contribution in [-0.2, 0) is 0 Å². The second kappa shape index (κ2) is 6.24. The third-order valence-corrected chi connectivity index (χ3v) is 4.85. The number of nitrogens with zero attached hydrogens (tertiary/aromatic N) is 3. The number of hydrogen-bond acceptors (Lipinski definition) is 3. The highest BCUT2D eigenvalue weighted by molar-refractivity contribution is 5.95. The number of imidazole rings is 1. The van der Waals surface area contributed by atoms with Gasteiger partial charge in [0.1, 0.15) is 5.82 Å². The van der Waals surface area contributed by atoms with Crippen molar-refractivity contribution in [2.24, 2.45) is 0 Å². The number of H-pyrrole nitrogens is 1.